The molecule has 1 aliphatic rings. The summed E-state index contributed by atoms with van der Waals surface area (Å²) in [5.41, 5.74) is 0.770. The van der Waals surface area contributed by atoms with Crippen molar-refractivity contribution >= 4 is 27.3 Å². The average Bonchev–Trinajstić information content (AvgIpc) is 2.36. The number of anilines is 1. The SMILES string of the molecule is CN(C)S(=O)(=O)c1ccccc1N(CCCl)C1CCC1. The minimum absolute atomic E-state index is 0.363. The lowest BCUT2D eigenvalue weighted by Crippen LogP contribution is -2.42. The molecule has 20 heavy (non-hydrogen) atoms. The van der Waals surface area contributed by atoms with Crippen LogP contribution in [0.4, 0.5) is 5.69 Å². The molecule has 0 unspecified atom stereocenters. The lowest BCUT2D eigenvalue weighted by molar-refractivity contribution is 0.389. The molecule has 1 saturated carbocycles. The van der Waals surface area contributed by atoms with E-state index in [0.717, 1.165) is 18.5 Å². The normalized spacial score (nSPS) is 16.2. The molecule has 1 fully saturated rings. The summed E-state index contributed by atoms with van der Waals surface area (Å²) < 4.78 is 26.2. The minimum Gasteiger partial charge on any atom is -0.366 e. The van der Waals surface area contributed by atoms with Gasteiger partial charge in [-0.05, 0) is 31.4 Å². The number of hydrogen-bond donors (Lipinski definition) is 0. The summed E-state index contributed by atoms with van der Waals surface area (Å²) in [6, 6.07) is 7.60. The summed E-state index contributed by atoms with van der Waals surface area (Å²) in [6.45, 7) is 0.673. The molecule has 0 aromatic heterocycles. The molecule has 0 bridgehead atoms. The van der Waals surface area contributed by atoms with Gasteiger partial charge in [-0.25, -0.2) is 12.7 Å². The van der Waals surface area contributed by atoms with Crippen LogP contribution >= 0.6 is 11.6 Å². The summed E-state index contributed by atoms with van der Waals surface area (Å²) in [5, 5.41) is 0. The third kappa shape index (κ3) is 2.95. The van der Waals surface area contributed by atoms with Crippen molar-refractivity contribution in [1.82, 2.24) is 4.31 Å². The van der Waals surface area contributed by atoms with Crippen molar-refractivity contribution in [3.05, 3.63) is 24.3 Å². The third-order valence-electron chi connectivity index (χ3n) is 3.77. The van der Waals surface area contributed by atoms with E-state index in [0.29, 0.717) is 23.4 Å². The van der Waals surface area contributed by atoms with Crippen molar-refractivity contribution in [3.8, 4) is 0 Å². The maximum atomic E-state index is 12.5. The van der Waals surface area contributed by atoms with Gasteiger partial charge in [0.15, 0.2) is 0 Å². The van der Waals surface area contributed by atoms with Crippen molar-refractivity contribution in [2.75, 3.05) is 31.4 Å². The Labute approximate surface area is 126 Å². The highest BCUT2D eigenvalue weighted by Gasteiger charge is 2.29. The van der Waals surface area contributed by atoms with Gasteiger partial charge in [0.25, 0.3) is 0 Å². The molecule has 6 heteroatoms. The molecule has 0 saturated heterocycles. The Morgan fingerprint density at radius 1 is 1.25 bits per heavy atom. The van der Waals surface area contributed by atoms with E-state index in [-0.39, 0.29) is 0 Å². The second kappa shape index (κ2) is 6.33. The smallest absolute Gasteiger partial charge is 0.244 e. The van der Waals surface area contributed by atoms with Crippen LogP contribution < -0.4 is 4.90 Å². The topological polar surface area (TPSA) is 40.6 Å². The number of hydrogen-bond acceptors (Lipinski definition) is 3. The van der Waals surface area contributed by atoms with Gasteiger partial charge in [-0.15, -0.1) is 11.6 Å². The zero-order valence-corrected chi connectivity index (χ0v) is 13.5. The Morgan fingerprint density at radius 2 is 1.90 bits per heavy atom. The van der Waals surface area contributed by atoms with Gasteiger partial charge in [-0.2, -0.15) is 0 Å². The Balaban J connectivity index is 2.45. The number of halogens is 1. The summed E-state index contributed by atoms with van der Waals surface area (Å²) in [4.78, 5) is 2.51. The van der Waals surface area contributed by atoms with E-state index in [2.05, 4.69) is 4.90 Å². The second-order valence-electron chi connectivity index (χ2n) is 5.22. The fourth-order valence-corrected chi connectivity index (χ4v) is 3.67. The molecule has 0 radical (unpaired) electrons. The zero-order valence-electron chi connectivity index (χ0n) is 11.9. The first-order valence-corrected chi connectivity index (χ1v) is 8.80. The average molecular weight is 317 g/mol. The first-order chi connectivity index (χ1) is 9.48. The number of nitrogens with zero attached hydrogens (tertiary/aromatic N) is 2. The van der Waals surface area contributed by atoms with E-state index in [1.165, 1.54) is 10.7 Å². The monoisotopic (exact) mass is 316 g/mol. The Bertz CT molecular complexity index is 556. The molecule has 0 aliphatic heterocycles. The summed E-state index contributed by atoms with van der Waals surface area (Å²) in [5.74, 6) is 0.493. The molecular weight excluding hydrogens is 296 g/mol. The van der Waals surface area contributed by atoms with E-state index in [1.807, 2.05) is 12.1 Å². The van der Waals surface area contributed by atoms with E-state index in [4.69, 9.17) is 11.6 Å². The van der Waals surface area contributed by atoms with Gasteiger partial charge in [0, 0.05) is 32.6 Å². The quantitative estimate of drug-likeness (QED) is 0.757. The highest BCUT2D eigenvalue weighted by atomic mass is 35.5. The fraction of sp³-hybridized carbons (Fsp3) is 0.571. The second-order valence-corrected chi connectivity index (χ2v) is 7.72. The maximum absolute atomic E-state index is 12.5. The van der Waals surface area contributed by atoms with Crippen LogP contribution in [0.15, 0.2) is 29.2 Å². The summed E-state index contributed by atoms with van der Waals surface area (Å²) in [7, 11) is -0.326. The molecule has 1 aromatic rings. The molecule has 2 rings (SSSR count). The first-order valence-electron chi connectivity index (χ1n) is 6.82. The Kier molecular flexibility index (Phi) is 4.94. The van der Waals surface area contributed by atoms with Crippen LogP contribution in [0.5, 0.6) is 0 Å². The molecule has 1 aliphatic carbocycles. The molecule has 112 valence electrons. The lowest BCUT2D eigenvalue weighted by Gasteiger charge is -2.40. The number of rotatable bonds is 6. The van der Waals surface area contributed by atoms with Crippen LogP contribution in [0.25, 0.3) is 0 Å². The third-order valence-corrected chi connectivity index (χ3v) is 5.81. The number of benzene rings is 1. The fourth-order valence-electron chi connectivity index (χ4n) is 2.40. The first kappa shape index (κ1) is 15.6. The molecule has 0 atom stereocenters. The van der Waals surface area contributed by atoms with Crippen molar-refractivity contribution in [2.45, 2.75) is 30.2 Å². The van der Waals surface area contributed by atoms with Crippen molar-refractivity contribution in [3.63, 3.8) is 0 Å². The van der Waals surface area contributed by atoms with Crippen LogP contribution in [0.2, 0.25) is 0 Å². The maximum Gasteiger partial charge on any atom is 0.244 e. The van der Waals surface area contributed by atoms with Gasteiger partial charge in [0.05, 0.1) is 5.69 Å². The molecule has 4 nitrogen and oxygen atoms in total. The Hall–Kier alpha value is -0.780. The van der Waals surface area contributed by atoms with E-state index < -0.39 is 10.0 Å². The van der Waals surface area contributed by atoms with Crippen molar-refractivity contribution in [1.29, 1.82) is 0 Å². The molecule has 0 N–H and O–H groups in total. The predicted octanol–water partition coefficient (Wildman–Crippen LogP) is 2.53. The summed E-state index contributed by atoms with van der Waals surface area (Å²) >= 11 is 5.90. The number of para-hydroxylation sites is 1. The van der Waals surface area contributed by atoms with Crippen LogP contribution in [0.3, 0.4) is 0 Å². The molecule has 0 spiro atoms. The number of alkyl halides is 1. The van der Waals surface area contributed by atoms with Crippen LogP contribution in [-0.2, 0) is 10.0 Å². The molecule has 0 amide bonds. The van der Waals surface area contributed by atoms with Crippen LogP contribution in [0, 0.1) is 0 Å². The van der Waals surface area contributed by atoms with Gasteiger partial charge in [-0.3, -0.25) is 0 Å². The van der Waals surface area contributed by atoms with Gasteiger partial charge in [0.2, 0.25) is 10.0 Å². The Morgan fingerprint density at radius 3 is 2.40 bits per heavy atom. The number of sulfonamides is 1. The predicted molar refractivity (Wildman–Crippen MR) is 83.0 cm³/mol. The van der Waals surface area contributed by atoms with Gasteiger partial charge in [-0.1, -0.05) is 12.1 Å². The standard InChI is InChI=1S/C14H21ClN2O2S/c1-16(2)20(18,19)14-9-4-3-8-13(14)17(11-10-15)12-6-5-7-12/h3-4,8-9,12H,5-7,10-11H2,1-2H3. The largest absolute Gasteiger partial charge is 0.366 e. The van der Waals surface area contributed by atoms with Crippen molar-refractivity contribution < 1.29 is 8.42 Å². The van der Waals surface area contributed by atoms with Gasteiger partial charge in [0.1, 0.15) is 4.90 Å². The van der Waals surface area contributed by atoms with E-state index in [9.17, 15) is 8.42 Å². The minimum atomic E-state index is -3.44. The molecular formula is C14H21ClN2O2S. The highest BCUT2D eigenvalue weighted by Crippen LogP contribution is 2.34. The summed E-state index contributed by atoms with van der Waals surface area (Å²) in [6.07, 6.45) is 3.41. The highest BCUT2D eigenvalue weighted by molar-refractivity contribution is 7.89. The van der Waals surface area contributed by atoms with Crippen LogP contribution in [0.1, 0.15) is 19.3 Å². The van der Waals surface area contributed by atoms with Crippen LogP contribution in [-0.4, -0.2) is 45.3 Å². The molecule has 1 aromatic carbocycles. The van der Waals surface area contributed by atoms with E-state index in [1.54, 1.807) is 26.2 Å². The lowest BCUT2D eigenvalue weighted by atomic mass is 9.91. The molecule has 0 heterocycles. The van der Waals surface area contributed by atoms with E-state index >= 15 is 0 Å². The van der Waals surface area contributed by atoms with Crippen molar-refractivity contribution in [2.24, 2.45) is 0 Å². The van der Waals surface area contributed by atoms with Gasteiger partial charge >= 0.3 is 0 Å². The zero-order chi connectivity index (χ0) is 14.8. The van der Waals surface area contributed by atoms with Gasteiger partial charge < -0.3 is 4.90 Å².